The summed E-state index contributed by atoms with van der Waals surface area (Å²) in [6, 6.07) is 12.4. The van der Waals surface area contributed by atoms with Crippen LogP contribution in [0.3, 0.4) is 0 Å². The van der Waals surface area contributed by atoms with Crippen LogP contribution >= 0.6 is 15.9 Å². The second-order valence-electron chi connectivity index (χ2n) is 6.25. The van der Waals surface area contributed by atoms with Gasteiger partial charge >= 0.3 is 0 Å². The fraction of sp³-hybridized carbons (Fsp3) is 0.235. The Balaban J connectivity index is 2.10. The summed E-state index contributed by atoms with van der Waals surface area (Å²) in [7, 11) is 0. The number of hydrogen-bond acceptors (Lipinski definition) is 2. The van der Waals surface area contributed by atoms with Gasteiger partial charge in [0.15, 0.2) is 0 Å². The number of hydrogen-bond donors (Lipinski definition) is 1. The fourth-order valence-corrected chi connectivity index (χ4v) is 2.71. The summed E-state index contributed by atoms with van der Waals surface area (Å²) in [6.45, 7) is 6.62. The summed E-state index contributed by atoms with van der Waals surface area (Å²) in [6.07, 6.45) is 1.94. The van der Waals surface area contributed by atoms with Crippen LogP contribution in [0.5, 0.6) is 0 Å². The molecule has 1 aromatic carbocycles. The van der Waals surface area contributed by atoms with Crippen LogP contribution < -0.4 is 5.73 Å². The Morgan fingerprint density at radius 2 is 1.71 bits per heavy atom. The van der Waals surface area contributed by atoms with Crippen molar-refractivity contribution < 1.29 is 0 Å². The molecule has 0 aliphatic heterocycles. The maximum atomic E-state index is 6.24. The van der Waals surface area contributed by atoms with Gasteiger partial charge in [-0.2, -0.15) is 0 Å². The highest BCUT2D eigenvalue weighted by molar-refractivity contribution is 9.10. The molecule has 0 atom stereocenters. The molecule has 2 heterocycles. The van der Waals surface area contributed by atoms with E-state index in [-0.39, 0.29) is 5.41 Å². The van der Waals surface area contributed by atoms with E-state index in [1.807, 2.05) is 22.7 Å². The van der Waals surface area contributed by atoms with Crippen molar-refractivity contribution in [1.29, 1.82) is 0 Å². The molecule has 108 valence electrons. The van der Waals surface area contributed by atoms with Crippen molar-refractivity contribution in [3.8, 4) is 11.3 Å². The van der Waals surface area contributed by atoms with Crippen LogP contribution in [0.15, 0.2) is 47.1 Å². The number of imidazole rings is 1. The lowest BCUT2D eigenvalue weighted by molar-refractivity contribution is 0.590. The van der Waals surface area contributed by atoms with E-state index >= 15 is 0 Å². The molecule has 0 spiro atoms. The minimum Gasteiger partial charge on any atom is -0.383 e. The summed E-state index contributed by atoms with van der Waals surface area (Å²) in [5.74, 6) is 0.662. The van der Waals surface area contributed by atoms with Crippen molar-refractivity contribution in [2.45, 2.75) is 26.2 Å². The predicted octanol–water partition coefficient (Wildman–Crippen LogP) is 4.64. The van der Waals surface area contributed by atoms with Crippen molar-refractivity contribution in [3.63, 3.8) is 0 Å². The topological polar surface area (TPSA) is 43.3 Å². The molecular weight excluding hydrogens is 326 g/mol. The van der Waals surface area contributed by atoms with Crippen LogP contribution in [0.1, 0.15) is 26.3 Å². The normalized spacial score (nSPS) is 12.0. The highest BCUT2D eigenvalue weighted by Gasteiger charge is 2.15. The number of nitrogens with two attached hydrogens (primary N) is 1. The van der Waals surface area contributed by atoms with Crippen molar-refractivity contribution in [1.82, 2.24) is 9.38 Å². The Morgan fingerprint density at radius 3 is 2.33 bits per heavy atom. The maximum absolute atomic E-state index is 6.24. The fourth-order valence-electron chi connectivity index (χ4n) is 2.38. The Bertz CT molecular complexity index is 795. The quantitative estimate of drug-likeness (QED) is 0.699. The molecule has 3 nitrogen and oxygen atoms in total. The smallest absolute Gasteiger partial charge is 0.139 e. The van der Waals surface area contributed by atoms with Gasteiger partial charge in [0, 0.05) is 16.2 Å². The number of fused-ring (bicyclic) bond motifs is 1. The minimum atomic E-state index is 0.147. The molecule has 0 bridgehead atoms. The standard InChI is InChI=1S/C17H18BrN3/c1-17(2,3)12-6-4-11(5-7-12)15-16(19)21-10-13(18)8-9-14(21)20-15/h4-10H,19H2,1-3H3. The SMILES string of the molecule is CC(C)(C)c1ccc(-c2nc3ccc(Br)cn3c2N)cc1. The molecule has 0 saturated carbocycles. The average Bonchev–Trinajstić information content (AvgIpc) is 2.75. The molecule has 3 rings (SSSR count). The predicted molar refractivity (Wildman–Crippen MR) is 91.4 cm³/mol. The van der Waals surface area contributed by atoms with Gasteiger partial charge in [-0.25, -0.2) is 4.98 Å². The van der Waals surface area contributed by atoms with E-state index in [1.54, 1.807) is 0 Å². The number of anilines is 1. The van der Waals surface area contributed by atoms with Gasteiger partial charge in [0.1, 0.15) is 17.2 Å². The Morgan fingerprint density at radius 1 is 1.05 bits per heavy atom. The molecule has 0 fully saturated rings. The monoisotopic (exact) mass is 343 g/mol. The van der Waals surface area contributed by atoms with E-state index in [4.69, 9.17) is 5.73 Å². The molecule has 4 heteroatoms. The van der Waals surface area contributed by atoms with Gasteiger partial charge in [-0.3, -0.25) is 4.40 Å². The number of rotatable bonds is 1. The second-order valence-corrected chi connectivity index (χ2v) is 7.16. The van der Waals surface area contributed by atoms with Crippen molar-refractivity contribution in [2.75, 3.05) is 5.73 Å². The van der Waals surface area contributed by atoms with Gasteiger partial charge in [0.2, 0.25) is 0 Å². The molecule has 2 N–H and O–H groups in total. The van der Waals surface area contributed by atoms with Crippen LogP contribution in [-0.4, -0.2) is 9.38 Å². The largest absolute Gasteiger partial charge is 0.383 e. The number of aromatic nitrogens is 2. The zero-order valence-corrected chi connectivity index (χ0v) is 14.0. The van der Waals surface area contributed by atoms with Crippen LogP contribution in [0, 0.1) is 0 Å². The average molecular weight is 344 g/mol. The Hall–Kier alpha value is -1.81. The van der Waals surface area contributed by atoms with Crippen LogP contribution in [-0.2, 0) is 5.41 Å². The third-order valence-corrected chi connectivity index (χ3v) is 4.11. The van der Waals surface area contributed by atoms with Gasteiger partial charge in [-0.15, -0.1) is 0 Å². The van der Waals surface area contributed by atoms with Gasteiger partial charge in [-0.1, -0.05) is 45.0 Å². The Kier molecular flexibility index (Phi) is 3.29. The lowest BCUT2D eigenvalue weighted by Gasteiger charge is -2.18. The van der Waals surface area contributed by atoms with Gasteiger partial charge in [0.25, 0.3) is 0 Å². The zero-order chi connectivity index (χ0) is 15.2. The first-order valence-electron chi connectivity index (χ1n) is 6.90. The molecule has 2 aromatic heterocycles. The Labute approximate surface area is 132 Å². The summed E-state index contributed by atoms with van der Waals surface area (Å²) < 4.78 is 2.88. The van der Waals surface area contributed by atoms with Crippen LogP contribution in [0.4, 0.5) is 5.82 Å². The summed E-state index contributed by atoms with van der Waals surface area (Å²) in [5.41, 5.74) is 10.4. The zero-order valence-electron chi connectivity index (χ0n) is 12.4. The van der Waals surface area contributed by atoms with Crippen LogP contribution in [0.25, 0.3) is 16.9 Å². The molecule has 0 aliphatic rings. The van der Waals surface area contributed by atoms with E-state index in [0.717, 1.165) is 21.4 Å². The first-order valence-corrected chi connectivity index (χ1v) is 7.69. The van der Waals surface area contributed by atoms with E-state index in [0.29, 0.717) is 5.82 Å². The van der Waals surface area contributed by atoms with Crippen molar-refractivity contribution in [3.05, 3.63) is 52.6 Å². The first kappa shape index (κ1) is 14.1. The van der Waals surface area contributed by atoms with E-state index in [2.05, 4.69) is 66.0 Å². The van der Waals surface area contributed by atoms with Gasteiger partial charge in [-0.05, 0) is 39.0 Å². The molecule has 21 heavy (non-hydrogen) atoms. The molecule has 0 aliphatic carbocycles. The summed E-state index contributed by atoms with van der Waals surface area (Å²) >= 11 is 3.46. The third-order valence-electron chi connectivity index (χ3n) is 3.64. The molecule has 3 aromatic rings. The highest BCUT2D eigenvalue weighted by atomic mass is 79.9. The van der Waals surface area contributed by atoms with E-state index in [9.17, 15) is 0 Å². The number of nitrogen functional groups attached to an aromatic ring is 1. The maximum Gasteiger partial charge on any atom is 0.139 e. The molecule has 0 unspecified atom stereocenters. The number of benzene rings is 1. The van der Waals surface area contributed by atoms with Gasteiger partial charge in [0.05, 0.1) is 0 Å². The highest BCUT2D eigenvalue weighted by Crippen LogP contribution is 2.30. The van der Waals surface area contributed by atoms with E-state index in [1.165, 1.54) is 5.56 Å². The van der Waals surface area contributed by atoms with Crippen molar-refractivity contribution >= 4 is 27.4 Å². The van der Waals surface area contributed by atoms with Gasteiger partial charge < -0.3 is 5.73 Å². The second kappa shape index (κ2) is 4.88. The number of nitrogens with zero attached hydrogens (tertiary/aromatic N) is 2. The summed E-state index contributed by atoms with van der Waals surface area (Å²) in [4.78, 5) is 4.63. The summed E-state index contributed by atoms with van der Waals surface area (Å²) in [5, 5.41) is 0. The third kappa shape index (κ3) is 2.56. The molecular formula is C17H18BrN3. The first-order chi connectivity index (χ1) is 9.86. The molecule has 0 amide bonds. The lowest BCUT2D eigenvalue weighted by atomic mass is 9.86. The van der Waals surface area contributed by atoms with E-state index < -0.39 is 0 Å². The number of pyridine rings is 1. The molecule has 0 saturated heterocycles. The van der Waals surface area contributed by atoms with Crippen molar-refractivity contribution in [2.24, 2.45) is 0 Å². The minimum absolute atomic E-state index is 0.147. The molecule has 0 radical (unpaired) electrons. The number of halogens is 1. The lowest BCUT2D eigenvalue weighted by Crippen LogP contribution is -2.10. The van der Waals surface area contributed by atoms with Crippen LogP contribution in [0.2, 0.25) is 0 Å².